The second-order valence-corrected chi connectivity index (χ2v) is 9.70. The number of rotatable bonds is 5. The van der Waals surface area contributed by atoms with Gasteiger partial charge in [0.05, 0.1) is 7.11 Å². The highest BCUT2D eigenvalue weighted by molar-refractivity contribution is 5.83. The Balaban J connectivity index is 0.000000152. The van der Waals surface area contributed by atoms with Crippen LogP contribution in [0.2, 0.25) is 0 Å². The van der Waals surface area contributed by atoms with Crippen molar-refractivity contribution in [2.75, 3.05) is 7.11 Å². The van der Waals surface area contributed by atoms with Gasteiger partial charge in [-0.25, -0.2) is 0 Å². The molecule has 0 spiro atoms. The van der Waals surface area contributed by atoms with Gasteiger partial charge in [-0.15, -0.1) is 0 Å². The lowest BCUT2D eigenvalue weighted by Gasteiger charge is -2.08. The molecule has 37 heavy (non-hydrogen) atoms. The molecule has 6 rings (SSSR count). The molecule has 3 heteroatoms. The Kier molecular flexibility index (Phi) is 7.14. The third-order valence-electron chi connectivity index (χ3n) is 6.95. The molecule has 186 valence electrons. The van der Waals surface area contributed by atoms with E-state index >= 15 is 0 Å². The lowest BCUT2D eigenvalue weighted by molar-refractivity contribution is 0.415. The molecule has 2 heterocycles. The van der Waals surface area contributed by atoms with Gasteiger partial charge in [0.1, 0.15) is 5.75 Å². The third-order valence-corrected chi connectivity index (χ3v) is 6.95. The van der Waals surface area contributed by atoms with Crippen molar-refractivity contribution in [2.24, 2.45) is 0 Å². The maximum Gasteiger partial charge on any atom is 0.119 e. The van der Waals surface area contributed by atoms with Crippen LogP contribution in [0, 0.1) is 20.8 Å². The Morgan fingerprint density at radius 1 is 0.541 bits per heavy atom. The van der Waals surface area contributed by atoms with E-state index in [4.69, 9.17) is 4.74 Å². The summed E-state index contributed by atoms with van der Waals surface area (Å²) in [5, 5.41) is 2.57. The van der Waals surface area contributed by atoms with Crippen molar-refractivity contribution >= 4 is 21.8 Å². The second kappa shape index (κ2) is 10.8. The molecule has 0 aliphatic heterocycles. The van der Waals surface area contributed by atoms with Crippen LogP contribution < -0.4 is 4.74 Å². The van der Waals surface area contributed by atoms with Crippen molar-refractivity contribution in [3.63, 3.8) is 0 Å². The molecule has 0 unspecified atom stereocenters. The summed E-state index contributed by atoms with van der Waals surface area (Å²) in [6.45, 7) is 8.32. The summed E-state index contributed by atoms with van der Waals surface area (Å²) in [5.41, 5.74) is 9.15. The molecule has 0 amide bonds. The minimum Gasteiger partial charge on any atom is -0.497 e. The van der Waals surface area contributed by atoms with Gasteiger partial charge in [0.25, 0.3) is 0 Å². The van der Waals surface area contributed by atoms with Gasteiger partial charge >= 0.3 is 0 Å². The Morgan fingerprint density at radius 2 is 1.03 bits per heavy atom. The summed E-state index contributed by atoms with van der Waals surface area (Å²) in [6, 6.07) is 38.5. The molecule has 0 N–H and O–H groups in total. The first-order chi connectivity index (χ1) is 18.0. The zero-order chi connectivity index (χ0) is 25.8. The Morgan fingerprint density at radius 3 is 1.54 bits per heavy atom. The van der Waals surface area contributed by atoms with Gasteiger partial charge in [0.2, 0.25) is 0 Å². The van der Waals surface area contributed by atoms with E-state index < -0.39 is 0 Å². The summed E-state index contributed by atoms with van der Waals surface area (Å²) in [5.74, 6) is 0.907. The maximum absolute atomic E-state index is 5.28. The van der Waals surface area contributed by atoms with Gasteiger partial charge in [-0.1, -0.05) is 72.3 Å². The van der Waals surface area contributed by atoms with Crippen LogP contribution in [-0.4, -0.2) is 16.2 Å². The van der Waals surface area contributed by atoms with Crippen LogP contribution in [0.25, 0.3) is 21.8 Å². The van der Waals surface area contributed by atoms with E-state index in [0.717, 1.165) is 18.8 Å². The molecule has 0 aliphatic rings. The lowest BCUT2D eigenvalue weighted by Crippen LogP contribution is -2.01. The van der Waals surface area contributed by atoms with E-state index in [1.807, 2.05) is 6.07 Å². The highest BCUT2D eigenvalue weighted by Gasteiger charge is 2.08. The van der Waals surface area contributed by atoms with Crippen LogP contribution in [0.15, 0.2) is 109 Å². The number of hydrogen-bond donors (Lipinski definition) is 0. The topological polar surface area (TPSA) is 19.1 Å². The van der Waals surface area contributed by atoms with E-state index in [-0.39, 0.29) is 0 Å². The van der Waals surface area contributed by atoms with E-state index in [9.17, 15) is 0 Å². The molecule has 4 aromatic carbocycles. The molecule has 0 saturated heterocycles. The van der Waals surface area contributed by atoms with Crippen molar-refractivity contribution in [1.29, 1.82) is 0 Å². The zero-order valence-corrected chi connectivity index (χ0v) is 22.1. The number of aryl methyl sites for hydroxylation is 3. The van der Waals surface area contributed by atoms with Crippen LogP contribution >= 0.6 is 0 Å². The fraction of sp³-hybridized carbons (Fsp3) is 0.176. The first kappa shape index (κ1) is 24.5. The molecule has 3 nitrogen and oxygen atoms in total. The average molecular weight is 487 g/mol. The number of ether oxygens (including phenoxy) is 1. The van der Waals surface area contributed by atoms with E-state index in [1.165, 1.54) is 49.9 Å². The van der Waals surface area contributed by atoms with Crippen LogP contribution in [0.1, 0.15) is 28.1 Å². The average Bonchev–Trinajstić information content (AvgIpc) is 3.39. The lowest BCUT2D eigenvalue weighted by atomic mass is 10.2. The van der Waals surface area contributed by atoms with Gasteiger partial charge in [0.15, 0.2) is 0 Å². The van der Waals surface area contributed by atoms with E-state index in [0.29, 0.717) is 0 Å². The van der Waals surface area contributed by atoms with Crippen molar-refractivity contribution in [3.8, 4) is 5.75 Å². The fourth-order valence-electron chi connectivity index (χ4n) is 4.99. The molecular weight excluding hydrogens is 452 g/mol. The van der Waals surface area contributed by atoms with Gasteiger partial charge in [-0.3, -0.25) is 0 Å². The predicted molar refractivity (Wildman–Crippen MR) is 156 cm³/mol. The molecule has 0 bridgehead atoms. The minimum atomic E-state index is 0.905. The molecule has 0 fully saturated rings. The standard InChI is InChI=1S/C17H17NO.C17H17N/c1-13-10-15-11-16(19-2)8-9-17(15)18(13)12-14-6-4-3-5-7-14;1-13-8-9-17-16(10-13)11-14(2)18(17)12-15-6-4-3-5-7-15/h3-11H,12H2,1-2H3;3-11H,12H2,1-2H3. The highest BCUT2D eigenvalue weighted by Crippen LogP contribution is 2.25. The first-order valence-electron chi connectivity index (χ1n) is 12.8. The van der Waals surface area contributed by atoms with Gasteiger partial charge in [-0.05, 0) is 74.4 Å². The Bertz CT molecular complexity index is 1630. The SMILES string of the molecule is COc1ccc2c(c1)cc(C)n2Cc1ccccc1.Cc1ccc2c(c1)cc(C)n2Cc1ccccc1. The van der Waals surface area contributed by atoms with Crippen molar-refractivity contribution in [1.82, 2.24) is 9.13 Å². The van der Waals surface area contributed by atoms with Crippen LogP contribution in [0.3, 0.4) is 0 Å². The van der Waals surface area contributed by atoms with E-state index in [1.54, 1.807) is 7.11 Å². The van der Waals surface area contributed by atoms with Crippen molar-refractivity contribution in [3.05, 3.63) is 137 Å². The monoisotopic (exact) mass is 486 g/mol. The van der Waals surface area contributed by atoms with E-state index in [2.05, 4.69) is 133 Å². The molecule has 0 radical (unpaired) electrons. The van der Waals surface area contributed by atoms with Gasteiger partial charge in [-0.2, -0.15) is 0 Å². The maximum atomic E-state index is 5.28. The summed E-state index contributed by atoms with van der Waals surface area (Å²) in [7, 11) is 1.70. The Labute approximate surface area is 219 Å². The predicted octanol–water partition coefficient (Wildman–Crippen LogP) is 8.31. The highest BCUT2D eigenvalue weighted by atomic mass is 16.5. The summed E-state index contributed by atoms with van der Waals surface area (Å²) < 4.78 is 10.00. The molecular formula is C34H34N2O. The third kappa shape index (κ3) is 5.46. The van der Waals surface area contributed by atoms with Crippen LogP contribution in [-0.2, 0) is 13.1 Å². The minimum absolute atomic E-state index is 0.905. The first-order valence-corrected chi connectivity index (χ1v) is 12.8. The normalized spacial score (nSPS) is 10.9. The molecule has 6 aromatic rings. The summed E-state index contributed by atoms with van der Waals surface area (Å²) >= 11 is 0. The van der Waals surface area contributed by atoms with Crippen molar-refractivity contribution in [2.45, 2.75) is 33.9 Å². The number of aromatic nitrogens is 2. The molecule has 2 aromatic heterocycles. The summed E-state index contributed by atoms with van der Waals surface area (Å²) in [4.78, 5) is 0. The zero-order valence-electron chi connectivity index (χ0n) is 22.1. The number of hydrogen-bond acceptors (Lipinski definition) is 1. The van der Waals surface area contributed by atoms with Crippen LogP contribution in [0.4, 0.5) is 0 Å². The largest absolute Gasteiger partial charge is 0.497 e. The van der Waals surface area contributed by atoms with Gasteiger partial charge < -0.3 is 13.9 Å². The number of methoxy groups -OCH3 is 1. The number of nitrogens with zero attached hydrogens (tertiary/aromatic N) is 2. The number of benzene rings is 4. The molecule has 0 aliphatic carbocycles. The fourth-order valence-corrected chi connectivity index (χ4v) is 4.99. The molecule has 0 saturated carbocycles. The van der Waals surface area contributed by atoms with Crippen molar-refractivity contribution < 1.29 is 4.74 Å². The van der Waals surface area contributed by atoms with Crippen LogP contribution in [0.5, 0.6) is 5.75 Å². The number of fused-ring (bicyclic) bond motifs is 2. The quantitative estimate of drug-likeness (QED) is 0.240. The van der Waals surface area contributed by atoms with Gasteiger partial charge in [0, 0.05) is 46.3 Å². The second-order valence-electron chi connectivity index (χ2n) is 9.70. The smallest absolute Gasteiger partial charge is 0.119 e. The molecule has 0 atom stereocenters. The summed E-state index contributed by atoms with van der Waals surface area (Å²) in [6.07, 6.45) is 0. The Hall–Kier alpha value is -4.24.